The zero-order valence-electron chi connectivity index (χ0n) is 14.2. The van der Waals surface area contributed by atoms with E-state index in [0.717, 1.165) is 10.2 Å². The first-order chi connectivity index (χ1) is 11.9. The smallest absolute Gasteiger partial charge is 0.238 e. The van der Waals surface area contributed by atoms with Gasteiger partial charge in [0.2, 0.25) is 15.8 Å². The molecule has 0 saturated carbocycles. The summed E-state index contributed by atoms with van der Waals surface area (Å²) in [6.45, 7) is 2.16. The van der Waals surface area contributed by atoms with Crippen LogP contribution < -0.4 is 5.32 Å². The lowest BCUT2D eigenvalue weighted by Crippen LogP contribution is -2.12. The van der Waals surface area contributed by atoms with Crippen molar-refractivity contribution in [3.63, 3.8) is 0 Å². The van der Waals surface area contributed by atoms with E-state index < -0.39 is 15.8 Å². The van der Waals surface area contributed by atoms with Crippen molar-refractivity contribution in [2.75, 3.05) is 7.05 Å². The van der Waals surface area contributed by atoms with E-state index >= 15 is 0 Å². The SMILES string of the molecule is CNCc1cc(S(=O)(=O)c2cccc(C)c2)n(-c2cccnc2F)n1.Cl. The summed E-state index contributed by atoms with van der Waals surface area (Å²) in [5, 5.41) is 7.05. The molecule has 0 atom stereocenters. The van der Waals surface area contributed by atoms with Gasteiger partial charge in [-0.3, -0.25) is 0 Å². The van der Waals surface area contributed by atoms with Crippen molar-refractivity contribution in [1.29, 1.82) is 0 Å². The summed E-state index contributed by atoms with van der Waals surface area (Å²) in [4.78, 5) is 3.72. The zero-order valence-corrected chi connectivity index (χ0v) is 15.8. The molecule has 26 heavy (non-hydrogen) atoms. The second-order valence-corrected chi connectivity index (χ2v) is 7.45. The van der Waals surface area contributed by atoms with Crippen LogP contribution in [0, 0.1) is 12.9 Å². The fourth-order valence-corrected chi connectivity index (χ4v) is 3.98. The topological polar surface area (TPSA) is 76.9 Å². The number of hydrogen-bond acceptors (Lipinski definition) is 5. The average molecular weight is 397 g/mol. The van der Waals surface area contributed by atoms with Gasteiger partial charge in [0.15, 0.2) is 5.03 Å². The molecule has 0 saturated heterocycles. The third-order valence-electron chi connectivity index (χ3n) is 3.63. The second-order valence-electron chi connectivity index (χ2n) is 5.55. The van der Waals surface area contributed by atoms with Crippen LogP contribution in [-0.4, -0.2) is 30.2 Å². The third kappa shape index (κ3) is 3.77. The van der Waals surface area contributed by atoms with Crippen LogP contribution in [0.1, 0.15) is 11.3 Å². The summed E-state index contributed by atoms with van der Waals surface area (Å²) in [5.74, 6) is -0.790. The summed E-state index contributed by atoms with van der Waals surface area (Å²) >= 11 is 0. The van der Waals surface area contributed by atoms with E-state index in [4.69, 9.17) is 0 Å². The second kappa shape index (κ2) is 7.94. The summed E-state index contributed by atoms with van der Waals surface area (Å²) in [5.41, 5.74) is 1.28. The molecule has 0 aliphatic heterocycles. The first kappa shape index (κ1) is 20.0. The fraction of sp³-hybridized carbons (Fsp3) is 0.176. The molecule has 0 radical (unpaired) electrons. The molecule has 6 nitrogen and oxygen atoms in total. The standard InChI is InChI=1S/C17H17FN4O2S.ClH/c1-12-5-3-6-14(9-12)25(23,24)16-10-13(11-19-2)21-22(16)15-7-4-8-20-17(15)18;/h3-10,19H,11H2,1-2H3;1H. The van der Waals surface area contributed by atoms with Crippen molar-refractivity contribution in [3.05, 3.63) is 65.9 Å². The van der Waals surface area contributed by atoms with E-state index in [1.165, 1.54) is 30.5 Å². The van der Waals surface area contributed by atoms with Gasteiger partial charge in [0, 0.05) is 18.8 Å². The Morgan fingerprint density at radius 3 is 2.62 bits per heavy atom. The molecule has 1 N–H and O–H groups in total. The zero-order chi connectivity index (χ0) is 18.0. The van der Waals surface area contributed by atoms with Crippen LogP contribution in [0.3, 0.4) is 0 Å². The number of hydrogen-bond donors (Lipinski definition) is 1. The third-order valence-corrected chi connectivity index (χ3v) is 5.34. The van der Waals surface area contributed by atoms with Gasteiger partial charge in [-0.05, 0) is 43.8 Å². The maximum absolute atomic E-state index is 14.1. The van der Waals surface area contributed by atoms with Gasteiger partial charge in [-0.15, -0.1) is 12.4 Å². The molecule has 0 amide bonds. The molecular formula is C17H18ClFN4O2S. The lowest BCUT2D eigenvalue weighted by molar-refractivity contribution is 0.554. The predicted molar refractivity (Wildman–Crippen MR) is 98.0 cm³/mol. The molecule has 3 aromatic rings. The molecule has 0 aliphatic rings. The highest BCUT2D eigenvalue weighted by Crippen LogP contribution is 2.25. The van der Waals surface area contributed by atoms with E-state index in [1.54, 1.807) is 19.2 Å². The molecule has 0 fully saturated rings. The highest BCUT2D eigenvalue weighted by atomic mass is 35.5. The molecule has 9 heteroatoms. The van der Waals surface area contributed by atoms with Crippen molar-refractivity contribution in [2.45, 2.75) is 23.4 Å². The molecule has 0 aliphatic carbocycles. The van der Waals surface area contributed by atoms with Gasteiger partial charge in [-0.25, -0.2) is 18.1 Å². The van der Waals surface area contributed by atoms with Crippen molar-refractivity contribution < 1.29 is 12.8 Å². The van der Waals surface area contributed by atoms with E-state index in [-0.39, 0.29) is 28.0 Å². The van der Waals surface area contributed by atoms with Crippen LogP contribution in [0.2, 0.25) is 0 Å². The number of aryl methyl sites for hydroxylation is 1. The van der Waals surface area contributed by atoms with Crippen molar-refractivity contribution in [1.82, 2.24) is 20.1 Å². The molecule has 2 aromatic heterocycles. The van der Waals surface area contributed by atoms with Gasteiger partial charge < -0.3 is 5.32 Å². The predicted octanol–water partition coefficient (Wildman–Crippen LogP) is 2.69. The number of nitrogens with one attached hydrogen (secondary N) is 1. The molecule has 0 bridgehead atoms. The van der Waals surface area contributed by atoms with Crippen molar-refractivity contribution in [3.8, 4) is 5.69 Å². The minimum absolute atomic E-state index is 0. The van der Waals surface area contributed by atoms with Crippen molar-refractivity contribution in [2.24, 2.45) is 0 Å². The van der Waals surface area contributed by atoms with Gasteiger partial charge >= 0.3 is 0 Å². The Morgan fingerprint density at radius 2 is 1.96 bits per heavy atom. The first-order valence-corrected chi connectivity index (χ1v) is 9.08. The largest absolute Gasteiger partial charge is 0.314 e. The first-order valence-electron chi connectivity index (χ1n) is 7.59. The number of pyridine rings is 1. The summed E-state index contributed by atoms with van der Waals surface area (Å²) in [6.07, 6.45) is 1.30. The van der Waals surface area contributed by atoms with E-state index in [2.05, 4.69) is 15.4 Å². The molecular weight excluding hydrogens is 379 g/mol. The Hall–Kier alpha value is -2.29. The Morgan fingerprint density at radius 1 is 1.19 bits per heavy atom. The van der Waals surface area contributed by atoms with Crippen LogP contribution in [0.5, 0.6) is 0 Å². The van der Waals surface area contributed by atoms with Crippen LogP contribution in [0.15, 0.2) is 58.6 Å². The lowest BCUT2D eigenvalue weighted by atomic mass is 10.2. The quantitative estimate of drug-likeness (QED) is 0.671. The fourth-order valence-electron chi connectivity index (χ4n) is 2.48. The van der Waals surface area contributed by atoms with Crippen molar-refractivity contribution >= 4 is 22.2 Å². The minimum atomic E-state index is -3.88. The highest BCUT2D eigenvalue weighted by molar-refractivity contribution is 7.91. The van der Waals surface area contributed by atoms with Crippen LogP contribution in [0.4, 0.5) is 4.39 Å². The Kier molecular flexibility index (Phi) is 6.12. The number of aromatic nitrogens is 3. The number of nitrogens with zero attached hydrogens (tertiary/aromatic N) is 3. The van der Waals surface area contributed by atoms with E-state index in [0.29, 0.717) is 12.2 Å². The normalized spacial score (nSPS) is 11.2. The van der Waals surface area contributed by atoms with E-state index in [9.17, 15) is 12.8 Å². The highest BCUT2D eigenvalue weighted by Gasteiger charge is 2.26. The molecule has 138 valence electrons. The summed E-state index contributed by atoms with van der Waals surface area (Å²) in [6, 6.07) is 11.0. The molecule has 3 rings (SSSR count). The van der Waals surface area contributed by atoms with Gasteiger partial charge in [-0.1, -0.05) is 12.1 Å². The maximum Gasteiger partial charge on any atom is 0.238 e. The molecule has 0 unspecified atom stereocenters. The average Bonchev–Trinajstić information content (AvgIpc) is 3.00. The molecule has 2 heterocycles. The molecule has 0 spiro atoms. The number of sulfone groups is 1. The monoisotopic (exact) mass is 396 g/mol. The lowest BCUT2D eigenvalue weighted by Gasteiger charge is -2.09. The maximum atomic E-state index is 14.1. The van der Waals surface area contributed by atoms with Crippen LogP contribution in [0.25, 0.3) is 5.69 Å². The minimum Gasteiger partial charge on any atom is -0.314 e. The van der Waals surface area contributed by atoms with Crippen LogP contribution in [-0.2, 0) is 16.4 Å². The Bertz CT molecular complexity index is 1020. The van der Waals surface area contributed by atoms with Gasteiger partial charge in [0.25, 0.3) is 0 Å². The number of benzene rings is 1. The Labute approximate surface area is 157 Å². The number of rotatable bonds is 5. The Balaban J connectivity index is 0.00000243. The van der Waals surface area contributed by atoms with Gasteiger partial charge in [0.1, 0.15) is 5.69 Å². The van der Waals surface area contributed by atoms with Gasteiger partial charge in [-0.2, -0.15) is 9.49 Å². The summed E-state index contributed by atoms with van der Waals surface area (Å²) < 4.78 is 41.4. The number of halogens is 2. The van der Waals surface area contributed by atoms with Gasteiger partial charge in [0.05, 0.1) is 10.6 Å². The summed E-state index contributed by atoms with van der Waals surface area (Å²) in [7, 11) is -2.16. The molecule has 1 aromatic carbocycles. The van der Waals surface area contributed by atoms with E-state index in [1.807, 2.05) is 13.0 Å². The van der Waals surface area contributed by atoms with Crippen LogP contribution >= 0.6 is 12.4 Å².